The molecule has 0 aliphatic heterocycles. The number of hydrogen-bond donors (Lipinski definition) is 1. The Labute approximate surface area is 105 Å². The van der Waals surface area contributed by atoms with Crippen molar-refractivity contribution in [1.82, 2.24) is 4.90 Å². The summed E-state index contributed by atoms with van der Waals surface area (Å²) in [5.41, 5.74) is 5.24. The standard InChI is InChI=1S/C13H28N2O2/c1-7-13(6,10-14)15(8-2)9-11(16)17-12(3,4)5/h7-10,14H2,1-6H3. The highest BCUT2D eigenvalue weighted by Crippen LogP contribution is 2.18. The Hall–Kier alpha value is -0.610. The fraction of sp³-hybridized carbons (Fsp3) is 0.923. The quantitative estimate of drug-likeness (QED) is 0.724. The second kappa shape index (κ2) is 6.36. The molecule has 0 saturated carbocycles. The minimum Gasteiger partial charge on any atom is -0.459 e. The predicted octanol–water partition coefficient (Wildman–Crippen LogP) is 1.78. The molecule has 0 aromatic heterocycles. The molecule has 0 aliphatic carbocycles. The zero-order valence-corrected chi connectivity index (χ0v) is 12.2. The fourth-order valence-corrected chi connectivity index (χ4v) is 1.71. The third-order valence-corrected chi connectivity index (χ3v) is 3.09. The van der Waals surface area contributed by atoms with Crippen LogP contribution in [0.25, 0.3) is 0 Å². The van der Waals surface area contributed by atoms with Crippen molar-refractivity contribution >= 4 is 5.97 Å². The lowest BCUT2D eigenvalue weighted by molar-refractivity contribution is -0.157. The molecule has 0 fully saturated rings. The Balaban J connectivity index is 4.55. The normalized spacial score (nSPS) is 15.8. The lowest BCUT2D eigenvalue weighted by atomic mass is 9.96. The van der Waals surface area contributed by atoms with E-state index in [1.54, 1.807) is 0 Å². The number of nitrogens with zero attached hydrogens (tertiary/aromatic N) is 1. The molecule has 0 amide bonds. The molecule has 0 aromatic rings. The number of rotatable bonds is 6. The molecule has 4 heteroatoms. The van der Waals surface area contributed by atoms with Crippen LogP contribution in [0.3, 0.4) is 0 Å². The first-order valence-electron chi connectivity index (χ1n) is 6.35. The summed E-state index contributed by atoms with van der Waals surface area (Å²) >= 11 is 0. The number of nitrogens with two attached hydrogens (primary N) is 1. The molecule has 0 spiro atoms. The number of carbonyl (C=O) groups excluding carboxylic acids is 1. The van der Waals surface area contributed by atoms with Gasteiger partial charge in [0.2, 0.25) is 0 Å². The first-order chi connectivity index (χ1) is 7.68. The van der Waals surface area contributed by atoms with Crippen LogP contribution in [0.1, 0.15) is 48.0 Å². The summed E-state index contributed by atoms with van der Waals surface area (Å²) in [5, 5.41) is 0. The third kappa shape index (κ3) is 5.50. The maximum absolute atomic E-state index is 11.8. The summed E-state index contributed by atoms with van der Waals surface area (Å²) < 4.78 is 5.33. The Morgan fingerprint density at radius 3 is 2.06 bits per heavy atom. The Morgan fingerprint density at radius 2 is 1.76 bits per heavy atom. The van der Waals surface area contributed by atoms with E-state index in [1.165, 1.54) is 0 Å². The molecule has 0 radical (unpaired) electrons. The van der Waals surface area contributed by atoms with Gasteiger partial charge >= 0.3 is 5.97 Å². The van der Waals surface area contributed by atoms with Crippen LogP contribution in [-0.2, 0) is 9.53 Å². The number of likely N-dealkylation sites (N-methyl/N-ethyl adjacent to an activating group) is 1. The highest BCUT2D eigenvalue weighted by Gasteiger charge is 2.30. The smallest absolute Gasteiger partial charge is 0.320 e. The molecule has 0 rings (SSSR count). The molecule has 0 aromatic carbocycles. The van der Waals surface area contributed by atoms with Gasteiger partial charge < -0.3 is 10.5 Å². The Morgan fingerprint density at radius 1 is 1.24 bits per heavy atom. The van der Waals surface area contributed by atoms with Crippen molar-refractivity contribution in [3.05, 3.63) is 0 Å². The maximum Gasteiger partial charge on any atom is 0.320 e. The summed E-state index contributed by atoms with van der Waals surface area (Å²) in [7, 11) is 0. The SMILES string of the molecule is CCN(CC(=O)OC(C)(C)C)C(C)(CC)CN. The van der Waals surface area contributed by atoms with E-state index in [0.29, 0.717) is 13.1 Å². The van der Waals surface area contributed by atoms with Gasteiger partial charge in [0.05, 0.1) is 6.54 Å². The molecule has 1 atom stereocenters. The van der Waals surface area contributed by atoms with Gasteiger partial charge in [-0.3, -0.25) is 9.69 Å². The first kappa shape index (κ1) is 16.4. The molecule has 2 N–H and O–H groups in total. The van der Waals surface area contributed by atoms with Gasteiger partial charge in [-0.2, -0.15) is 0 Å². The van der Waals surface area contributed by atoms with Crippen LogP contribution < -0.4 is 5.73 Å². The largest absolute Gasteiger partial charge is 0.459 e. The topological polar surface area (TPSA) is 55.6 Å². The predicted molar refractivity (Wildman–Crippen MR) is 70.8 cm³/mol. The van der Waals surface area contributed by atoms with Gasteiger partial charge in [0.25, 0.3) is 0 Å². The van der Waals surface area contributed by atoms with Gasteiger partial charge in [-0.05, 0) is 40.7 Å². The van der Waals surface area contributed by atoms with E-state index < -0.39 is 5.60 Å². The Kier molecular flexibility index (Phi) is 6.13. The second-order valence-corrected chi connectivity index (χ2v) is 5.66. The van der Waals surface area contributed by atoms with Crippen molar-refractivity contribution < 1.29 is 9.53 Å². The molecule has 0 aliphatic rings. The van der Waals surface area contributed by atoms with Crippen molar-refractivity contribution in [1.29, 1.82) is 0 Å². The first-order valence-corrected chi connectivity index (χ1v) is 6.35. The van der Waals surface area contributed by atoms with E-state index in [4.69, 9.17) is 10.5 Å². The van der Waals surface area contributed by atoms with Crippen LogP contribution >= 0.6 is 0 Å². The van der Waals surface area contributed by atoms with Gasteiger partial charge in [0.1, 0.15) is 5.60 Å². The minimum atomic E-state index is -0.429. The van der Waals surface area contributed by atoms with Gasteiger partial charge in [0, 0.05) is 12.1 Å². The number of esters is 1. The van der Waals surface area contributed by atoms with Crippen LogP contribution in [0.15, 0.2) is 0 Å². The van der Waals surface area contributed by atoms with E-state index in [0.717, 1.165) is 13.0 Å². The van der Waals surface area contributed by atoms with Gasteiger partial charge in [-0.25, -0.2) is 0 Å². The number of carbonyl (C=O) groups is 1. The summed E-state index contributed by atoms with van der Waals surface area (Å²) in [6.45, 7) is 13.5. The van der Waals surface area contributed by atoms with E-state index in [1.807, 2.05) is 27.7 Å². The monoisotopic (exact) mass is 244 g/mol. The minimum absolute atomic E-state index is 0.133. The van der Waals surface area contributed by atoms with Gasteiger partial charge in [-0.1, -0.05) is 13.8 Å². The molecule has 1 unspecified atom stereocenters. The summed E-state index contributed by atoms with van der Waals surface area (Å²) in [5.74, 6) is -0.188. The van der Waals surface area contributed by atoms with Crippen LogP contribution in [0.4, 0.5) is 0 Å². The molecule has 0 heterocycles. The van der Waals surface area contributed by atoms with Crippen LogP contribution in [0.5, 0.6) is 0 Å². The lowest BCUT2D eigenvalue weighted by Crippen LogP contribution is -2.53. The van der Waals surface area contributed by atoms with Gasteiger partial charge in [0.15, 0.2) is 0 Å². The molecule has 4 nitrogen and oxygen atoms in total. The molecule has 0 bridgehead atoms. The molecule has 0 saturated heterocycles. The average molecular weight is 244 g/mol. The van der Waals surface area contributed by atoms with E-state index in [2.05, 4.69) is 18.7 Å². The lowest BCUT2D eigenvalue weighted by Gasteiger charge is -2.39. The highest BCUT2D eigenvalue weighted by atomic mass is 16.6. The Bertz CT molecular complexity index is 242. The summed E-state index contributed by atoms with van der Waals surface area (Å²) in [6.07, 6.45) is 0.917. The average Bonchev–Trinajstić information content (AvgIpc) is 2.22. The van der Waals surface area contributed by atoms with Crippen LogP contribution in [0.2, 0.25) is 0 Å². The molecular formula is C13H28N2O2. The van der Waals surface area contributed by atoms with Crippen molar-refractivity contribution in [3.8, 4) is 0 Å². The zero-order valence-electron chi connectivity index (χ0n) is 12.2. The fourth-order valence-electron chi connectivity index (χ4n) is 1.71. The van der Waals surface area contributed by atoms with Crippen molar-refractivity contribution in [2.24, 2.45) is 5.73 Å². The van der Waals surface area contributed by atoms with E-state index in [9.17, 15) is 4.79 Å². The maximum atomic E-state index is 11.8. The van der Waals surface area contributed by atoms with Gasteiger partial charge in [-0.15, -0.1) is 0 Å². The third-order valence-electron chi connectivity index (χ3n) is 3.09. The van der Waals surface area contributed by atoms with Crippen LogP contribution in [0, 0.1) is 0 Å². The molecular weight excluding hydrogens is 216 g/mol. The van der Waals surface area contributed by atoms with E-state index >= 15 is 0 Å². The molecule has 102 valence electrons. The number of ether oxygens (including phenoxy) is 1. The number of hydrogen-bond acceptors (Lipinski definition) is 4. The van der Waals surface area contributed by atoms with Crippen LogP contribution in [-0.4, -0.2) is 41.6 Å². The highest BCUT2D eigenvalue weighted by molar-refractivity contribution is 5.72. The zero-order chi connectivity index (χ0) is 13.7. The molecule has 17 heavy (non-hydrogen) atoms. The second-order valence-electron chi connectivity index (χ2n) is 5.66. The summed E-state index contributed by atoms with van der Waals surface area (Å²) in [6, 6.07) is 0. The van der Waals surface area contributed by atoms with Crippen molar-refractivity contribution in [3.63, 3.8) is 0 Å². The summed E-state index contributed by atoms with van der Waals surface area (Å²) in [4.78, 5) is 13.9. The van der Waals surface area contributed by atoms with Crippen molar-refractivity contribution in [2.75, 3.05) is 19.6 Å². The van der Waals surface area contributed by atoms with Crippen molar-refractivity contribution in [2.45, 2.75) is 59.1 Å². The van der Waals surface area contributed by atoms with E-state index in [-0.39, 0.29) is 11.5 Å².